The summed E-state index contributed by atoms with van der Waals surface area (Å²) in [5.41, 5.74) is 7.64. The molecule has 3 rings (SSSR count). The summed E-state index contributed by atoms with van der Waals surface area (Å²) in [4.78, 5) is 13.7. The van der Waals surface area contributed by atoms with Crippen molar-refractivity contribution in [3.05, 3.63) is 29.8 Å². The normalized spacial score (nSPS) is 33.7. The first kappa shape index (κ1) is 8.00. The number of fused-ring (bicyclic) bond motifs is 2. The van der Waals surface area contributed by atoms with Crippen molar-refractivity contribution in [2.24, 2.45) is 5.73 Å². The van der Waals surface area contributed by atoms with Crippen molar-refractivity contribution in [3.8, 4) is 0 Å². The molecule has 1 fully saturated rings. The van der Waals surface area contributed by atoms with E-state index in [2.05, 4.69) is 0 Å². The number of anilines is 1. The molecule has 1 spiro atoms. The number of hydrogen-bond donors (Lipinski definition) is 1. The monoisotopic (exact) mass is 188 g/mol. The van der Waals surface area contributed by atoms with Crippen LogP contribution in [0.1, 0.15) is 12.0 Å². The number of nitrogens with two attached hydrogens (primary N) is 1. The second-order valence-electron chi connectivity index (χ2n) is 4.16. The molecule has 2 unspecified atom stereocenters. The molecule has 1 aromatic rings. The van der Waals surface area contributed by atoms with E-state index < -0.39 is 0 Å². The fourth-order valence-electron chi connectivity index (χ4n) is 2.51. The highest BCUT2D eigenvalue weighted by Crippen LogP contribution is 2.55. The Morgan fingerprint density at radius 1 is 1.50 bits per heavy atom. The smallest absolute Gasteiger partial charge is 0.239 e. The molecular formula is C11H12N2O. The molecule has 0 aromatic heterocycles. The molecule has 1 aliphatic heterocycles. The summed E-state index contributed by atoms with van der Waals surface area (Å²) in [6, 6.07) is 7.94. The maximum absolute atomic E-state index is 12.0. The highest BCUT2D eigenvalue weighted by Gasteiger charge is 2.64. The lowest BCUT2D eigenvalue weighted by molar-refractivity contribution is -0.120. The second kappa shape index (κ2) is 2.17. The van der Waals surface area contributed by atoms with E-state index in [-0.39, 0.29) is 17.4 Å². The van der Waals surface area contributed by atoms with E-state index in [1.54, 1.807) is 4.90 Å². The number of hydrogen-bond acceptors (Lipinski definition) is 2. The average Bonchev–Trinajstić information content (AvgIpc) is 2.84. The van der Waals surface area contributed by atoms with Crippen molar-refractivity contribution >= 4 is 11.6 Å². The molecule has 1 amide bonds. The van der Waals surface area contributed by atoms with E-state index in [4.69, 9.17) is 5.73 Å². The van der Waals surface area contributed by atoms with Crippen LogP contribution in [0.3, 0.4) is 0 Å². The Labute approximate surface area is 82.5 Å². The van der Waals surface area contributed by atoms with Gasteiger partial charge in [0.1, 0.15) is 0 Å². The van der Waals surface area contributed by atoms with Crippen LogP contribution in [0.5, 0.6) is 0 Å². The van der Waals surface area contributed by atoms with Crippen LogP contribution in [-0.2, 0) is 10.2 Å². The first-order chi connectivity index (χ1) is 6.68. The summed E-state index contributed by atoms with van der Waals surface area (Å²) >= 11 is 0. The molecule has 1 aliphatic carbocycles. The molecular weight excluding hydrogens is 176 g/mol. The molecule has 2 aliphatic rings. The van der Waals surface area contributed by atoms with Crippen LogP contribution >= 0.6 is 0 Å². The number of para-hydroxylation sites is 1. The molecule has 3 nitrogen and oxygen atoms in total. The van der Waals surface area contributed by atoms with E-state index in [1.807, 2.05) is 31.3 Å². The molecule has 0 radical (unpaired) electrons. The third kappa shape index (κ3) is 0.664. The van der Waals surface area contributed by atoms with Crippen molar-refractivity contribution in [1.29, 1.82) is 0 Å². The lowest BCUT2D eigenvalue weighted by Crippen LogP contribution is -2.32. The van der Waals surface area contributed by atoms with E-state index in [9.17, 15) is 4.79 Å². The van der Waals surface area contributed by atoms with Crippen molar-refractivity contribution in [1.82, 2.24) is 0 Å². The van der Waals surface area contributed by atoms with Crippen molar-refractivity contribution in [2.75, 3.05) is 11.9 Å². The quantitative estimate of drug-likeness (QED) is 0.649. The van der Waals surface area contributed by atoms with Gasteiger partial charge in [-0.3, -0.25) is 4.79 Å². The Kier molecular flexibility index (Phi) is 1.24. The van der Waals surface area contributed by atoms with Gasteiger partial charge in [0.05, 0.1) is 5.41 Å². The summed E-state index contributed by atoms with van der Waals surface area (Å²) in [6.45, 7) is 0. The van der Waals surface area contributed by atoms with Crippen molar-refractivity contribution < 1.29 is 4.79 Å². The molecule has 2 atom stereocenters. The van der Waals surface area contributed by atoms with E-state index in [0.29, 0.717) is 0 Å². The molecule has 14 heavy (non-hydrogen) atoms. The summed E-state index contributed by atoms with van der Waals surface area (Å²) in [5.74, 6) is 0.159. The SMILES string of the molecule is CN1C(=O)C2(CC2N)c2ccccc21. The van der Waals surface area contributed by atoms with Gasteiger partial charge < -0.3 is 10.6 Å². The van der Waals surface area contributed by atoms with Gasteiger partial charge >= 0.3 is 0 Å². The zero-order valence-electron chi connectivity index (χ0n) is 8.03. The number of benzene rings is 1. The first-order valence-corrected chi connectivity index (χ1v) is 4.81. The number of likely N-dealkylation sites (N-methyl/N-ethyl adjacent to an activating group) is 1. The summed E-state index contributed by atoms with van der Waals surface area (Å²) < 4.78 is 0. The van der Waals surface area contributed by atoms with Crippen molar-refractivity contribution in [2.45, 2.75) is 17.9 Å². The van der Waals surface area contributed by atoms with Gasteiger partial charge in [-0.1, -0.05) is 18.2 Å². The lowest BCUT2D eigenvalue weighted by atomic mass is 9.97. The van der Waals surface area contributed by atoms with Crippen LogP contribution in [0.25, 0.3) is 0 Å². The molecule has 2 N–H and O–H groups in total. The molecule has 3 heteroatoms. The van der Waals surface area contributed by atoms with E-state index in [0.717, 1.165) is 17.7 Å². The minimum absolute atomic E-state index is 0.0149. The zero-order chi connectivity index (χ0) is 9.92. The van der Waals surface area contributed by atoms with Crippen LogP contribution in [0.15, 0.2) is 24.3 Å². The number of nitrogens with zero attached hydrogens (tertiary/aromatic N) is 1. The minimum Gasteiger partial charge on any atom is -0.326 e. The highest BCUT2D eigenvalue weighted by atomic mass is 16.2. The maximum Gasteiger partial charge on any atom is 0.239 e. The van der Waals surface area contributed by atoms with Gasteiger partial charge in [0.25, 0.3) is 0 Å². The molecule has 1 aromatic carbocycles. The van der Waals surface area contributed by atoms with Gasteiger partial charge in [-0.05, 0) is 18.1 Å². The third-order valence-electron chi connectivity index (χ3n) is 3.45. The average molecular weight is 188 g/mol. The Hall–Kier alpha value is -1.35. The van der Waals surface area contributed by atoms with Crippen LogP contribution in [0, 0.1) is 0 Å². The summed E-state index contributed by atoms with van der Waals surface area (Å²) in [7, 11) is 1.82. The number of amides is 1. The largest absolute Gasteiger partial charge is 0.326 e. The van der Waals surface area contributed by atoms with Gasteiger partial charge in [-0.15, -0.1) is 0 Å². The predicted molar refractivity (Wildman–Crippen MR) is 54.1 cm³/mol. The number of carbonyl (C=O) groups excluding carboxylic acids is 1. The zero-order valence-corrected chi connectivity index (χ0v) is 8.03. The Balaban J connectivity index is 2.25. The van der Waals surface area contributed by atoms with E-state index in [1.165, 1.54) is 0 Å². The predicted octanol–water partition coefficient (Wildman–Crippen LogP) is 0.632. The van der Waals surface area contributed by atoms with Gasteiger partial charge in [0, 0.05) is 18.8 Å². The molecule has 72 valence electrons. The lowest BCUT2D eigenvalue weighted by Gasteiger charge is -2.09. The summed E-state index contributed by atoms with van der Waals surface area (Å²) in [5, 5.41) is 0. The fraction of sp³-hybridized carbons (Fsp3) is 0.364. The topological polar surface area (TPSA) is 46.3 Å². The van der Waals surface area contributed by atoms with Crippen LogP contribution in [-0.4, -0.2) is 19.0 Å². The molecule has 1 saturated carbocycles. The molecule has 0 bridgehead atoms. The standard InChI is InChI=1S/C11H12N2O/c1-13-8-5-3-2-4-7(8)11(10(13)14)6-9(11)12/h2-5,9H,6,12H2,1H3. The number of carbonyl (C=O) groups is 1. The summed E-state index contributed by atoms with van der Waals surface area (Å²) in [6.07, 6.45) is 0.799. The first-order valence-electron chi connectivity index (χ1n) is 4.81. The fourth-order valence-corrected chi connectivity index (χ4v) is 2.51. The van der Waals surface area contributed by atoms with Crippen LogP contribution in [0.4, 0.5) is 5.69 Å². The van der Waals surface area contributed by atoms with Crippen molar-refractivity contribution in [3.63, 3.8) is 0 Å². The maximum atomic E-state index is 12.0. The third-order valence-corrected chi connectivity index (χ3v) is 3.45. The molecule has 1 heterocycles. The minimum atomic E-state index is -0.370. The van der Waals surface area contributed by atoms with E-state index >= 15 is 0 Å². The van der Waals surface area contributed by atoms with Crippen LogP contribution in [0.2, 0.25) is 0 Å². The second-order valence-corrected chi connectivity index (χ2v) is 4.16. The number of rotatable bonds is 0. The Morgan fingerprint density at radius 2 is 2.14 bits per heavy atom. The van der Waals surface area contributed by atoms with Gasteiger partial charge in [0.15, 0.2) is 0 Å². The van der Waals surface area contributed by atoms with Gasteiger partial charge in [-0.2, -0.15) is 0 Å². The van der Waals surface area contributed by atoms with Gasteiger partial charge in [0.2, 0.25) is 5.91 Å². The molecule has 0 saturated heterocycles. The Bertz CT molecular complexity index is 429. The Morgan fingerprint density at radius 3 is 2.79 bits per heavy atom. The van der Waals surface area contributed by atoms with Crippen LogP contribution < -0.4 is 10.6 Å². The van der Waals surface area contributed by atoms with Gasteiger partial charge in [-0.25, -0.2) is 0 Å². The highest BCUT2D eigenvalue weighted by molar-refractivity contribution is 6.10.